The molecule has 21 heavy (non-hydrogen) atoms. The van der Waals surface area contributed by atoms with E-state index < -0.39 is 6.17 Å². The van der Waals surface area contributed by atoms with Crippen LogP contribution in [0.2, 0.25) is 0 Å². The maximum Gasteiger partial charge on any atom is 0.262 e. The zero-order valence-corrected chi connectivity index (χ0v) is 13.8. The molecule has 0 radical (unpaired) electrons. The monoisotopic (exact) mass is 366 g/mol. The summed E-state index contributed by atoms with van der Waals surface area (Å²) < 4.78 is 0.961. The summed E-state index contributed by atoms with van der Waals surface area (Å²) in [4.78, 5) is 14.9. The lowest BCUT2D eigenvalue weighted by Gasteiger charge is -2.30. The zero-order chi connectivity index (χ0) is 15.0. The van der Waals surface area contributed by atoms with Crippen LogP contribution in [0.3, 0.4) is 0 Å². The van der Waals surface area contributed by atoms with Crippen LogP contribution in [0.25, 0.3) is 0 Å². The minimum atomic E-state index is -0.427. The van der Waals surface area contributed by atoms with Gasteiger partial charge in [0.15, 0.2) is 0 Å². The lowest BCUT2D eigenvalue weighted by molar-refractivity contribution is -0.170. The predicted molar refractivity (Wildman–Crippen MR) is 85.0 cm³/mol. The maximum absolute atomic E-state index is 11.9. The predicted octanol–water partition coefficient (Wildman–Crippen LogP) is 3.80. The Morgan fingerprint density at radius 3 is 2.71 bits per heavy atom. The van der Waals surface area contributed by atoms with Gasteiger partial charge in [-0.1, -0.05) is 30.3 Å². The quantitative estimate of drug-likeness (QED) is 0.840. The molecule has 0 bridgehead atoms. The minimum Gasteiger partial charge on any atom is -0.284 e. The number of hydrogen-bond acceptors (Lipinski definition) is 4. The highest BCUT2D eigenvalue weighted by Gasteiger charge is 2.41. The van der Waals surface area contributed by atoms with Gasteiger partial charge in [0.25, 0.3) is 5.91 Å². The van der Waals surface area contributed by atoms with Crippen LogP contribution in [0.1, 0.15) is 29.6 Å². The number of rotatable bonds is 3. The first-order chi connectivity index (χ1) is 10.1. The topological polar surface area (TPSA) is 43.8 Å². The van der Waals surface area contributed by atoms with E-state index in [1.54, 1.807) is 0 Å². The molecule has 6 heteroatoms. The van der Waals surface area contributed by atoms with E-state index in [1.165, 1.54) is 11.3 Å². The molecule has 0 saturated carbocycles. The van der Waals surface area contributed by atoms with Gasteiger partial charge in [0.05, 0.1) is 6.54 Å². The standard InChI is InChI=1S/C15H15BrN2O2S/c1-10(11-5-3-2-4-6-11)17-8-14(19)18(20)15(17)13-7-12(16)9-21-13/h2-7,9-10,15,20H,8H2,1H3/t10-,15?/m0/s1. The van der Waals surface area contributed by atoms with E-state index in [1.807, 2.05) is 46.7 Å². The number of halogens is 1. The van der Waals surface area contributed by atoms with E-state index in [2.05, 4.69) is 22.9 Å². The van der Waals surface area contributed by atoms with Crippen molar-refractivity contribution in [2.75, 3.05) is 6.54 Å². The molecular formula is C15H15BrN2O2S. The van der Waals surface area contributed by atoms with E-state index in [4.69, 9.17) is 0 Å². The minimum absolute atomic E-state index is 0.0400. The van der Waals surface area contributed by atoms with Crippen molar-refractivity contribution in [1.29, 1.82) is 0 Å². The van der Waals surface area contributed by atoms with Crippen molar-refractivity contribution in [2.45, 2.75) is 19.1 Å². The number of hydroxylamine groups is 2. The molecule has 4 nitrogen and oxygen atoms in total. The second-order valence-electron chi connectivity index (χ2n) is 5.04. The number of carbonyl (C=O) groups is 1. The summed E-state index contributed by atoms with van der Waals surface area (Å²) >= 11 is 4.95. The normalized spacial score (nSPS) is 21.0. The van der Waals surface area contributed by atoms with Crippen LogP contribution in [0.5, 0.6) is 0 Å². The molecule has 1 unspecified atom stereocenters. The smallest absolute Gasteiger partial charge is 0.262 e. The molecule has 1 aromatic heterocycles. The van der Waals surface area contributed by atoms with Gasteiger partial charge < -0.3 is 0 Å². The van der Waals surface area contributed by atoms with Crippen molar-refractivity contribution >= 4 is 33.2 Å². The van der Waals surface area contributed by atoms with Crippen LogP contribution in [0.15, 0.2) is 46.3 Å². The van der Waals surface area contributed by atoms with Gasteiger partial charge in [0.1, 0.15) is 6.17 Å². The number of carbonyl (C=O) groups excluding carboxylic acids is 1. The molecule has 1 aromatic carbocycles. The maximum atomic E-state index is 11.9. The molecule has 1 aliphatic heterocycles. The Balaban J connectivity index is 1.94. The summed E-state index contributed by atoms with van der Waals surface area (Å²) in [6.07, 6.45) is -0.427. The van der Waals surface area contributed by atoms with E-state index in [-0.39, 0.29) is 18.5 Å². The molecular weight excluding hydrogens is 352 g/mol. The molecule has 1 aliphatic rings. The third-order valence-corrected chi connectivity index (χ3v) is 5.47. The van der Waals surface area contributed by atoms with Gasteiger partial charge >= 0.3 is 0 Å². The van der Waals surface area contributed by atoms with Crippen LogP contribution in [-0.4, -0.2) is 27.6 Å². The lowest BCUT2D eigenvalue weighted by atomic mass is 10.1. The van der Waals surface area contributed by atoms with E-state index >= 15 is 0 Å². The number of hydrogen-bond donors (Lipinski definition) is 1. The fourth-order valence-corrected chi connectivity index (χ4v) is 4.16. The number of thiophene rings is 1. The third kappa shape index (κ3) is 2.76. The second kappa shape index (κ2) is 5.88. The lowest BCUT2D eigenvalue weighted by Crippen LogP contribution is -2.31. The second-order valence-corrected chi connectivity index (χ2v) is 6.90. The van der Waals surface area contributed by atoms with Crippen LogP contribution < -0.4 is 0 Å². The molecule has 0 aliphatic carbocycles. The third-order valence-electron chi connectivity index (χ3n) is 3.74. The highest BCUT2D eigenvalue weighted by atomic mass is 79.9. The molecule has 110 valence electrons. The Morgan fingerprint density at radius 2 is 2.10 bits per heavy atom. The Kier molecular flexibility index (Phi) is 4.12. The summed E-state index contributed by atoms with van der Waals surface area (Å²) in [5.41, 5.74) is 1.13. The highest BCUT2D eigenvalue weighted by molar-refractivity contribution is 9.10. The molecule has 2 aromatic rings. The van der Waals surface area contributed by atoms with Crippen molar-refractivity contribution < 1.29 is 10.0 Å². The van der Waals surface area contributed by atoms with E-state index in [9.17, 15) is 10.0 Å². The van der Waals surface area contributed by atoms with Gasteiger partial charge in [-0.15, -0.1) is 11.3 Å². The van der Waals surface area contributed by atoms with Crippen molar-refractivity contribution in [3.05, 3.63) is 56.7 Å². The van der Waals surface area contributed by atoms with Crippen LogP contribution in [0, 0.1) is 0 Å². The fourth-order valence-electron chi connectivity index (χ4n) is 2.61. The SMILES string of the molecule is C[C@@H](c1ccccc1)N1CC(=O)N(O)C1c1cc(Br)cs1. The fraction of sp³-hybridized carbons (Fsp3) is 0.267. The van der Waals surface area contributed by atoms with Gasteiger partial charge in [-0.25, -0.2) is 0 Å². The van der Waals surface area contributed by atoms with Crippen molar-refractivity contribution in [2.24, 2.45) is 0 Å². The van der Waals surface area contributed by atoms with Gasteiger partial charge in [-0.05, 0) is 34.5 Å². The van der Waals surface area contributed by atoms with Gasteiger partial charge in [-0.3, -0.25) is 14.9 Å². The van der Waals surface area contributed by atoms with E-state index in [0.29, 0.717) is 0 Å². The molecule has 1 N–H and O–H groups in total. The van der Waals surface area contributed by atoms with E-state index in [0.717, 1.165) is 20.0 Å². The van der Waals surface area contributed by atoms with Crippen LogP contribution in [0.4, 0.5) is 0 Å². The van der Waals surface area contributed by atoms with Crippen molar-refractivity contribution in [3.8, 4) is 0 Å². The van der Waals surface area contributed by atoms with Gasteiger partial charge in [-0.2, -0.15) is 5.06 Å². The highest BCUT2D eigenvalue weighted by Crippen LogP contribution is 2.39. The molecule has 2 atom stereocenters. The summed E-state index contributed by atoms with van der Waals surface area (Å²) in [6.45, 7) is 2.27. The average Bonchev–Trinajstić information content (AvgIpc) is 3.04. The summed E-state index contributed by atoms with van der Waals surface area (Å²) in [5.74, 6) is -0.271. The number of amides is 1. The number of benzene rings is 1. The Morgan fingerprint density at radius 1 is 1.38 bits per heavy atom. The Labute approximate surface area is 135 Å². The molecule has 2 heterocycles. The summed E-state index contributed by atoms with van der Waals surface area (Å²) in [5, 5.41) is 12.9. The Hall–Kier alpha value is -1.21. The molecule has 0 spiro atoms. The molecule has 3 rings (SSSR count). The van der Waals surface area contributed by atoms with Crippen LogP contribution in [-0.2, 0) is 4.79 Å². The first-order valence-corrected chi connectivity index (χ1v) is 8.30. The average molecular weight is 367 g/mol. The van der Waals surface area contributed by atoms with Gasteiger partial charge in [0.2, 0.25) is 0 Å². The summed E-state index contributed by atoms with van der Waals surface area (Å²) in [7, 11) is 0. The van der Waals surface area contributed by atoms with Crippen molar-refractivity contribution in [1.82, 2.24) is 9.96 Å². The Bertz CT molecular complexity index is 646. The first kappa shape index (κ1) is 14.7. The van der Waals surface area contributed by atoms with Crippen LogP contribution >= 0.6 is 27.3 Å². The van der Waals surface area contributed by atoms with Crippen molar-refractivity contribution in [3.63, 3.8) is 0 Å². The largest absolute Gasteiger partial charge is 0.284 e. The molecule has 1 fully saturated rings. The summed E-state index contributed by atoms with van der Waals surface area (Å²) in [6, 6.07) is 12.0. The zero-order valence-electron chi connectivity index (χ0n) is 11.4. The first-order valence-electron chi connectivity index (χ1n) is 6.63. The molecule has 1 saturated heterocycles. The number of nitrogens with zero attached hydrogens (tertiary/aromatic N) is 2. The molecule has 1 amide bonds. The van der Waals surface area contributed by atoms with Gasteiger partial charge in [0, 0.05) is 20.8 Å².